The average molecular weight is 363 g/mol. The fraction of sp³-hybridized carbons (Fsp3) is 0.412. The van der Waals surface area contributed by atoms with E-state index in [-0.39, 0.29) is 17.4 Å². The summed E-state index contributed by atoms with van der Waals surface area (Å²) in [4.78, 5) is 12.6. The molecule has 8 heteroatoms. The third-order valence-corrected chi connectivity index (χ3v) is 5.45. The Balaban J connectivity index is 1.97. The molecule has 2 aromatic rings. The van der Waals surface area contributed by atoms with Gasteiger partial charge < -0.3 is 10.1 Å². The second-order valence-electron chi connectivity index (χ2n) is 7.07. The van der Waals surface area contributed by atoms with Gasteiger partial charge in [-0.3, -0.25) is 4.79 Å². The van der Waals surface area contributed by atoms with Crippen molar-refractivity contribution in [3.8, 4) is 5.75 Å². The zero-order valence-corrected chi connectivity index (χ0v) is 15.5. The molecule has 0 saturated carbocycles. The number of carbonyl (C=O) groups excluding carboxylic acids is 1. The SMILES string of the molecule is COc1ccc(C(=O)Nc2c3c(nn2C(C)(C)C)CS(=O)(=O)C3)cc1. The molecule has 1 aromatic heterocycles. The number of hydrogen-bond donors (Lipinski definition) is 1. The summed E-state index contributed by atoms with van der Waals surface area (Å²) in [6, 6.07) is 6.71. The molecule has 134 valence electrons. The molecule has 1 N–H and O–H groups in total. The highest BCUT2D eigenvalue weighted by molar-refractivity contribution is 7.90. The van der Waals surface area contributed by atoms with E-state index in [1.165, 1.54) is 0 Å². The zero-order chi connectivity index (χ0) is 18.4. The second-order valence-corrected chi connectivity index (χ2v) is 9.14. The molecule has 0 fully saturated rings. The number of amides is 1. The molecule has 1 aliphatic rings. The lowest BCUT2D eigenvalue weighted by Crippen LogP contribution is -2.27. The highest BCUT2D eigenvalue weighted by atomic mass is 32.2. The van der Waals surface area contributed by atoms with Crippen LogP contribution in [0.3, 0.4) is 0 Å². The largest absolute Gasteiger partial charge is 0.497 e. The summed E-state index contributed by atoms with van der Waals surface area (Å²) in [5.74, 6) is 0.598. The van der Waals surface area contributed by atoms with Crippen LogP contribution in [0.1, 0.15) is 42.4 Å². The number of methoxy groups -OCH3 is 1. The number of rotatable bonds is 3. The van der Waals surface area contributed by atoms with Gasteiger partial charge in [0.1, 0.15) is 11.6 Å². The fourth-order valence-corrected chi connectivity index (χ4v) is 4.27. The minimum absolute atomic E-state index is 0.0865. The summed E-state index contributed by atoms with van der Waals surface area (Å²) < 4.78 is 30.6. The van der Waals surface area contributed by atoms with Crippen LogP contribution in [0.2, 0.25) is 0 Å². The van der Waals surface area contributed by atoms with Crippen LogP contribution < -0.4 is 10.1 Å². The quantitative estimate of drug-likeness (QED) is 0.904. The van der Waals surface area contributed by atoms with Crippen molar-refractivity contribution < 1.29 is 17.9 Å². The van der Waals surface area contributed by atoms with Gasteiger partial charge in [-0.1, -0.05) is 0 Å². The maximum Gasteiger partial charge on any atom is 0.256 e. The first-order valence-electron chi connectivity index (χ1n) is 7.88. The van der Waals surface area contributed by atoms with Crippen molar-refractivity contribution in [3.63, 3.8) is 0 Å². The van der Waals surface area contributed by atoms with E-state index in [9.17, 15) is 13.2 Å². The molecule has 1 aliphatic heterocycles. The van der Waals surface area contributed by atoms with Crippen molar-refractivity contribution in [1.29, 1.82) is 0 Å². The van der Waals surface area contributed by atoms with Crippen LogP contribution in [0.25, 0.3) is 0 Å². The lowest BCUT2D eigenvalue weighted by atomic mass is 10.1. The number of nitrogens with one attached hydrogen (secondary N) is 1. The Morgan fingerprint density at radius 2 is 1.84 bits per heavy atom. The predicted molar refractivity (Wildman–Crippen MR) is 94.5 cm³/mol. The fourth-order valence-electron chi connectivity index (χ4n) is 2.78. The highest BCUT2D eigenvalue weighted by Crippen LogP contribution is 2.34. The van der Waals surface area contributed by atoms with E-state index in [1.807, 2.05) is 20.8 Å². The van der Waals surface area contributed by atoms with E-state index in [0.717, 1.165) is 0 Å². The monoisotopic (exact) mass is 363 g/mol. The Morgan fingerprint density at radius 3 is 2.40 bits per heavy atom. The number of aromatic nitrogens is 2. The minimum atomic E-state index is -3.20. The maximum atomic E-state index is 12.6. The zero-order valence-electron chi connectivity index (χ0n) is 14.7. The van der Waals surface area contributed by atoms with Crippen LogP contribution >= 0.6 is 0 Å². The summed E-state index contributed by atoms with van der Waals surface area (Å²) in [5.41, 5.74) is 1.16. The molecule has 0 unspecified atom stereocenters. The first kappa shape index (κ1) is 17.5. The molecule has 2 heterocycles. The summed E-state index contributed by atoms with van der Waals surface area (Å²) in [5, 5.41) is 7.28. The molecule has 0 atom stereocenters. The lowest BCUT2D eigenvalue weighted by Gasteiger charge is -2.23. The van der Waals surface area contributed by atoms with Crippen molar-refractivity contribution in [1.82, 2.24) is 9.78 Å². The minimum Gasteiger partial charge on any atom is -0.497 e. The van der Waals surface area contributed by atoms with E-state index < -0.39 is 15.4 Å². The van der Waals surface area contributed by atoms with Crippen LogP contribution in [0.5, 0.6) is 5.75 Å². The number of carbonyl (C=O) groups is 1. The van der Waals surface area contributed by atoms with Gasteiger partial charge in [0, 0.05) is 11.1 Å². The number of anilines is 1. The van der Waals surface area contributed by atoms with Crippen LogP contribution in [-0.4, -0.2) is 31.2 Å². The summed E-state index contributed by atoms with van der Waals surface area (Å²) in [6.07, 6.45) is 0. The standard InChI is InChI=1S/C17H21N3O4S/c1-17(2,3)20-15(13-9-25(22,23)10-14(13)19-20)18-16(21)11-5-7-12(24-4)8-6-11/h5-8H,9-10H2,1-4H3,(H,18,21). The Labute approximate surface area is 146 Å². The summed E-state index contributed by atoms with van der Waals surface area (Å²) in [7, 11) is -1.64. The normalized spacial score (nSPS) is 15.7. The topological polar surface area (TPSA) is 90.3 Å². The third-order valence-electron chi connectivity index (χ3n) is 4.01. The number of hydrogen-bond acceptors (Lipinski definition) is 5. The van der Waals surface area contributed by atoms with Gasteiger partial charge in [-0.05, 0) is 45.0 Å². The number of fused-ring (bicyclic) bond motifs is 1. The number of nitrogens with zero attached hydrogens (tertiary/aromatic N) is 2. The van der Waals surface area contributed by atoms with Gasteiger partial charge in [0.25, 0.3) is 5.91 Å². The lowest BCUT2D eigenvalue weighted by molar-refractivity contribution is 0.102. The van der Waals surface area contributed by atoms with E-state index in [4.69, 9.17) is 4.74 Å². The van der Waals surface area contributed by atoms with Crippen LogP contribution in [0.15, 0.2) is 24.3 Å². The molecule has 1 aromatic carbocycles. The molecule has 0 radical (unpaired) electrons. The van der Waals surface area contributed by atoms with E-state index in [1.54, 1.807) is 36.1 Å². The van der Waals surface area contributed by atoms with Crippen LogP contribution in [0, 0.1) is 0 Å². The second kappa shape index (κ2) is 5.87. The average Bonchev–Trinajstić information content (AvgIpc) is 3.00. The van der Waals surface area contributed by atoms with Gasteiger partial charge in [-0.25, -0.2) is 13.1 Å². The van der Waals surface area contributed by atoms with E-state index >= 15 is 0 Å². The first-order chi connectivity index (χ1) is 11.6. The number of benzene rings is 1. The molecular formula is C17H21N3O4S. The molecule has 25 heavy (non-hydrogen) atoms. The summed E-state index contributed by atoms with van der Waals surface area (Å²) in [6.45, 7) is 5.85. The Hall–Kier alpha value is -2.35. The first-order valence-corrected chi connectivity index (χ1v) is 9.70. The highest BCUT2D eigenvalue weighted by Gasteiger charge is 2.35. The molecule has 0 spiro atoms. The van der Waals surface area contributed by atoms with Crippen molar-refractivity contribution in [2.75, 3.05) is 12.4 Å². The van der Waals surface area contributed by atoms with Crippen molar-refractivity contribution >= 4 is 21.6 Å². The summed E-state index contributed by atoms with van der Waals surface area (Å²) >= 11 is 0. The van der Waals surface area contributed by atoms with E-state index in [2.05, 4.69) is 10.4 Å². The molecular weight excluding hydrogens is 342 g/mol. The molecule has 0 aliphatic carbocycles. The molecule has 1 amide bonds. The van der Waals surface area contributed by atoms with Gasteiger partial charge in [0.05, 0.1) is 29.8 Å². The van der Waals surface area contributed by atoms with Gasteiger partial charge in [0.2, 0.25) is 0 Å². The third kappa shape index (κ3) is 3.39. The van der Waals surface area contributed by atoms with Crippen LogP contribution in [-0.2, 0) is 26.9 Å². The van der Waals surface area contributed by atoms with Gasteiger partial charge >= 0.3 is 0 Å². The smallest absolute Gasteiger partial charge is 0.256 e. The maximum absolute atomic E-state index is 12.6. The number of sulfone groups is 1. The van der Waals surface area contributed by atoms with E-state index in [0.29, 0.717) is 28.4 Å². The van der Waals surface area contributed by atoms with Gasteiger partial charge in [-0.2, -0.15) is 5.10 Å². The van der Waals surface area contributed by atoms with Gasteiger partial charge in [-0.15, -0.1) is 0 Å². The Morgan fingerprint density at radius 1 is 1.20 bits per heavy atom. The van der Waals surface area contributed by atoms with Crippen molar-refractivity contribution in [3.05, 3.63) is 41.1 Å². The Bertz CT molecular complexity index is 922. The molecule has 3 rings (SSSR count). The molecule has 0 saturated heterocycles. The molecule has 0 bridgehead atoms. The number of ether oxygens (including phenoxy) is 1. The van der Waals surface area contributed by atoms with Crippen LogP contribution in [0.4, 0.5) is 5.82 Å². The molecule has 7 nitrogen and oxygen atoms in total. The van der Waals surface area contributed by atoms with Gasteiger partial charge in [0.15, 0.2) is 9.84 Å². The predicted octanol–water partition coefficient (Wildman–Crippen LogP) is 2.33. The van der Waals surface area contributed by atoms with Crippen molar-refractivity contribution in [2.45, 2.75) is 37.8 Å². The van der Waals surface area contributed by atoms with Crippen molar-refractivity contribution in [2.24, 2.45) is 0 Å². The Kier molecular flexibility index (Phi) is 4.10.